The Bertz CT molecular complexity index is 318. The maximum Gasteiger partial charge on any atom is 0.0366 e. The van der Waals surface area contributed by atoms with Gasteiger partial charge in [-0.3, -0.25) is 0 Å². The highest BCUT2D eigenvalue weighted by atomic mass is 32.1. The Morgan fingerprint density at radius 1 is 1.12 bits per heavy atom. The summed E-state index contributed by atoms with van der Waals surface area (Å²) in [5.74, 6) is 1.69. The summed E-state index contributed by atoms with van der Waals surface area (Å²) in [6.07, 6.45) is 2.39. The zero-order valence-electron chi connectivity index (χ0n) is 11.5. The van der Waals surface area contributed by atoms with Gasteiger partial charge < -0.3 is 4.90 Å². The molecule has 1 atom stereocenters. The van der Waals surface area contributed by atoms with E-state index in [-0.39, 0.29) is 0 Å². The van der Waals surface area contributed by atoms with Crippen molar-refractivity contribution < 1.29 is 0 Å². The summed E-state index contributed by atoms with van der Waals surface area (Å²) in [4.78, 5) is 2.29. The van der Waals surface area contributed by atoms with Crippen LogP contribution in [0.4, 0.5) is 5.69 Å². The molecule has 0 saturated heterocycles. The van der Waals surface area contributed by atoms with E-state index in [0.29, 0.717) is 12.0 Å². The van der Waals surface area contributed by atoms with Crippen LogP contribution in [0, 0.1) is 5.92 Å². The molecule has 0 aromatic heterocycles. The lowest BCUT2D eigenvalue weighted by molar-refractivity contribution is 0.597. The van der Waals surface area contributed by atoms with E-state index in [0.717, 1.165) is 12.2 Å². The second kappa shape index (κ2) is 6.95. The number of hydrogen-bond acceptors (Lipinski definition) is 2. The van der Waals surface area contributed by atoms with E-state index < -0.39 is 0 Å². The molecule has 1 unspecified atom stereocenters. The predicted molar refractivity (Wildman–Crippen MR) is 81.3 cm³/mol. The molecule has 0 aliphatic heterocycles. The van der Waals surface area contributed by atoms with Crippen LogP contribution < -0.4 is 4.90 Å². The van der Waals surface area contributed by atoms with Gasteiger partial charge >= 0.3 is 0 Å². The Hall–Kier alpha value is -0.630. The van der Waals surface area contributed by atoms with Gasteiger partial charge in [-0.1, -0.05) is 19.1 Å². The van der Waals surface area contributed by atoms with Crippen molar-refractivity contribution in [1.82, 2.24) is 0 Å². The molecule has 0 radical (unpaired) electrons. The van der Waals surface area contributed by atoms with E-state index in [1.54, 1.807) is 0 Å². The standard InChI is InChI=1S/C15H25NS/c1-12(2)16(4)15-9-7-14(8-10-15)6-5-13(3)11-17/h7-10,12-13,17H,5-6,11H2,1-4H3. The Balaban J connectivity index is 2.56. The quantitative estimate of drug-likeness (QED) is 0.747. The van der Waals surface area contributed by atoms with Crippen molar-refractivity contribution >= 4 is 18.3 Å². The van der Waals surface area contributed by atoms with Crippen LogP contribution in [0.15, 0.2) is 24.3 Å². The van der Waals surface area contributed by atoms with E-state index >= 15 is 0 Å². The number of thiol groups is 1. The van der Waals surface area contributed by atoms with E-state index in [2.05, 4.69) is 69.6 Å². The van der Waals surface area contributed by atoms with Gasteiger partial charge in [0, 0.05) is 18.8 Å². The first-order chi connectivity index (χ1) is 8.04. The van der Waals surface area contributed by atoms with Gasteiger partial charge in [-0.05, 0) is 56.1 Å². The van der Waals surface area contributed by atoms with E-state index in [9.17, 15) is 0 Å². The largest absolute Gasteiger partial charge is 0.372 e. The summed E-state index contributed by atoms with van der Waals surface area (Å²) in [6, 6.07) is 9.49. The summed E-state index contributed by atoms with van der Waals surface area (Å²) >= 11 is 4.32. The SMILES string of the molecule is CC(CS)CCc1ccc(N(C)C(C)C)cc1. The van der Waals surface area contributed by atoms with Gasteiger partial charge in [-0.2, -0.15) is 12.6 Å². The second-order valence-corrected chi connectivity index (χ2v) is 5.56. The van der Waals surface area contributed by atoms with Gasteiger partial charge in [0.1, 0.15) is 0 Å². The molecule has 1 rings (SSSR count). The van der Waals surface area contributed by atoms with Crippen LogP contribution in [0.3, 0.4) is 0 Å². The summed E-state index contributed by atoms with van der Waals surface area (Å²) < 4.78 is 0. The number of aryl methyl sites for hydroxylation is 1. The lowest BCUT2D eigenvalue weighted by Gasteiger charge is -2.24. The molecule has 0 heterocycles. The van der Waals surface area contributed by atoms with Crippen molar-refractivity contribution in [1.29, 1.82) is 0 Å². The van der Waals surface area contributed by atoms with Crippen molar-refractivity contribution in [3.63, 3.8) is 0 Å². The fourth-order valence-electron chi connectivity index (χ4n) is 1.70. The maximum absolute atomic E-state index is 4.32. The van der Waals surface area contributed by atoms with E-state index in [1.807, 2.05) is 0 Å². The lowest BCUT2D eigenvalue weighted by atomic mass is 10.0. The predicted octanol–water partition coefficient (Wildman–Crippen LogP) is 4.03. The molecule has 0 aliphatic rings. The van der Waals surface area contributed by atoms with Gasteiger partial charge in [-0.25, -0.2) is 0 Å². The summed E-state index contributed by atoms with van der Waals surface area (Å²) in [7, 11) is 2.14. The smallest absolute Gasteiger partial charge is 0.0366 e. The van der Waals surface area contributed by atoms with Gasteiger partial charge in [0.25, 0.3) is 0 Å². The van der Waals surface area contributed by atoms with Crippen molar-refractivity contribution in [2.45, 2.75) is 39.7 Å². The van der Waals surface area contributed by atoms with Crippen LogP contribution in [0.2, 0.25) is 0 Å². The average molecular weight is 251 g/mol. The van der Waals surface area contributed by atoms with Crippen LogP contribution in [0.1, 0.15) is 32.8 Å². The van der Waals surface area contributed by atoms with Crippen molar-refractivity contribution in [3.05, 3.63) is 29.8 Å². The zero-order valence-corrected chi connectivity index (χ0v) is 12.4. The van der Waals surface area contributed by atoms with Gasteiger partial charge in [-0.15, -0.1) is 0 Å². The molecular formula is C15H25NS. The molecule has 0 aliphatic carbocycles. The van der Waals surface area contributed by atoms with Crippen LogP contribution >= 0.6 is 12.6 Å². The molecule has 0 fully saturated rings. The molecular weight excluding hydrogens is 226 g/mol. The monoisotopic (exact) mass is 251 g/mol. The number of rotatable bonds is 6. The number of hydrogen-bond donors (Lipinski definition) is 1. The van der Waals surface area contributed by atoms with Crippen molar-refractivity contribution in [2.75, 3.05) is 17.7 Å². The summed E-state index contributed by atoms with van der Waals surface area (Å²) in [5, 5.41) is 0. The molecule has 0 amide bonds. The third kappa shape index (κ3) is 4.63. The molecule has 96 valence electrons. The minimum absolute atomic E-state index is 0.546. The molecule has 0 N–H and O–H groups in total. The van der Waals surface area contributed by atoms with Crippen LogP contribution in [0.25, 0.3) is 0 Å². The van der Waals surface area contributed by atoms with Gasteiger partial charge in [0.05, 0.1) is 0 Å². The molecule has 2 heteroatoms. The summed E-state index contributed by atoms with van der Waals surface area (Å²) in [5.41, 5.74) is 2.73. The van der Waals surface area contributed by atoms with Crippen molar-refractivity contribution in [3.8, 4) is 0 Å². The first-order valence-corrected chi connectivity index (χ1v) is 7.10. The lowest BCUT2D eigenvalue weighted by Crippen LogP contribution is -2.25. The topological polar surface area (TPSA) is 3.24 Å². The Kier molecular flexibility index (Phi) is 5.90. The average Bonchev–Trinajstić information content (AvgIpc) is 2.35. The Labute approximate surface area is 112 Å². The number of anilines is 1. The van der Waals surface area contributed by atoms with Crippen molar-refractivity contribution in [2.24, 2.45) is 5.92 Å². The zero-order chi connectivity index (χ0) is 12.8. The Morgan fingerprint density at radius 3 is 2.18 bits per heavy atom. The second-order valence-electron chi connectivity index (χ2n) is 5.20. The fourth-order valence-corrected chi connectivity index (χ4v) is 1.88. The molecule has 0 bridgehead atoms. The van der Waals surface area contributed by atoms with Crippen LogP contribution in [0.5, 0.6) is 0 Å². The number of nitrogens with zero attached hydrogens (tertiary/aromatic N) is 1. The molecule has 0 saturated carbocycles. The highest BCUT2D eigenvalue weighted by Gasteiger charge is 2.05. The third-order valence-corrected chi connectivity index (χ3v) is 3.98. The third-order valence-electron chi connectivity index (χ3n) is 3.36. The Morgan fingerprint density at radius 2 is 1.71 bits per heavy atom. The molecule has 17 heavy (non-hydrogen) atoms. The first kappa shape index (κ1) is 14.4. The molecule has 1 nitrogen and oxygen atoms in total. The van der Waals surface area contributed by atoms with E-state index in [1.165, 1.54) is 17.7 Å². The minimum atomic E-state index is 0.546. The minimum Gasteiger partial charge on any atom is -0.372 e. The molecule has 0 spiro atoms. The highest BCUT2D eigenvalue weighted by Crippen LogP contribution is 2.18. The highest BCUT2D eigenvalue weighted by molar-refractivity contribution is 7.80. The molecule has 1 aromatic carbocycles. The van der Waals surface area contributed by atoms with Crippen LogP contribution in [-0.2, 0) is 6.42 Å². The van der Waals surface area contributed by atoms with Gasteiger partial charge in [0.15, 0.2) is 0 Å². The normalized spacial score (nSPS) is 12.8. The van der Waals surface area contributed by atoms with Gasteiger partial charge in [0.2, 0.25) is 0 Å². The number of benzene rings is 1. The summed E-state index contributed by atoms with van der Waals surface area (Å²) in [6.45, 7) is 6.68. The first-order valence-electron chi connectivity index (χ1n) is 6.47. The molecule has 1 aromatic rings. The maximum atomic E-state index is 4.32. The fraction of sp³-hybridized carbons (Fsp3) is 0.600. The van der Waals surface area contributed by atoms with E-state index in [4.69, 9.17) is 0 Å². The van der Waals surface area contributed by atoms with Crippen LogP contribution in [-0.4, -0.2) is 18.8 Å².